The first-order valence-electron chi connectivity index (χ1n) is 9.66. The highest BCUT2D eigenvalue weighted by molar-refractivity contribution is 5.77. The highest BCUT2D eigenvalue weighted by Crippen LogP contribution is 2.55. The number of methoxy groups -OCH3 is 1. The van der Waals surface area contributed by atoms with E-state index in [0.29, 0.717) is 0 Å². The second kappa shape index (κ2) is 8.78. The highest BCUT2D eigenvalue weighted by atomic mass is 19.3. The Morgan fingerprint density at radius 2 is 1.77 bits per heavy atom. The highest BCUT2D eigenvalue weighted by Gasteiger charge is 2.66. The summed E-state index contributed by atoms with van der Waals surface area (Å²) in [6.45, 7) is 0.0313. The fourth-order valence-corrected chi connectivity index (χ4v) is 5.00. The van der Waals surface area contributed by atoms with Crippen molar-refractivity contribution in [1.29, 1.82) is 0 Å². The van der Waals surface area contributed by atoms with Crippen LogP contribution in [-0.2, 0) is 14.3 Å². The van der Waals surface area contributed by atoms with E-state index in [1.807, 2.05) is 0 Å². The van der Waals surface area contributed by atoms with Gasteiger partial charge in [0.05, 0.1) is 6.10 Å². The third-order valence-electron chi connectivity index (χ3n) is 6.01. The molecule has 11 heteroatoms. The van der Waals surface area contributed by atoms with Crippen LogP contribution in [0, 0.1) is 11.8 Å². The molecule has 2 bridgehead atoms. The van der Waals surface area contributed by atoms with Gasteiger partial charge < -0.3 is 9.47 Å². The molecule has 0 aromatic heterocycles. The standard InChI is InChI=1S/C19H26F8O3/c1-9-4-10-6-18(5-9,30-16(28)17(2,25)26)8-19(27,15(10)29-3)14(24)13(23)12(22)11(21)7-20/h9-15H,4-8H2,1-3H3. The Balaban J connectivity index is 2.41. The number of carbonyl (C=O) groups is 1. The largest absolute Gasteiger partial charge is 0.455 e. The Labute approximate surface area is 169 Å². The molecule has 0 aliphatic heterocycles. The average molecular weight is 454 g/mol. The molecule has 0 saturated heterocycles. The minimum atomic E-state index is -3.91. The predicted octanol–water partition coefficient (Wildman–Crippen LogP) is 4.81. The number of ether oxygens (including phenoxy) is 2. The molecule has 0 heterocycles. The maximum Gasteiger partial charge on any atom is 0.377 e. The molecule has 0 N–H and O–H groups in total. The summed E-state index contributed by atoms with van der Waals surface area (Å²) < 4.78 is 121. The molecule has 2 fully saturated rings. The smallest absolute Gasteiger partial charge is 0.377 e. The van der Waals surface area contributed by atoms with Crippen molar-refractivity contribution < 1.29 is 49.4 Å². The number of alkyl halides is 8. The summed E-state index contributed by atoms with van der Waals surface area (Å²) in [6, 6.07) is 0. The monoisotopic (exact) mass is 454 g/mol. The van der Waals surface area contributed by atoms with Gasteiger partial charge in [0.1, 0.15) is 12.3 Å². The lowest BCUT2D eigenvalue weighted by Crippen LogP contribution is -2.66. The minimum absolute atomic E-state index is 0.105. The van der Waals surface area contributed by atoms with E-state index < -0.39 is 73.0 Å². The van der Waals surface area contributed by atoms with Gasteiger partial charge in [-0.1, -0.05) is 6.92 Å². The molecule has 2 aliphatic rings. The number of carbonyl (C=O) groups excluding carboxylic acids is 1. The van der Waals surface area contributed by atoms with Crippen LogP contribution in [0.25, 0.3) is 0 Å². The molecule has 2 aliphatic carbocycles. The zero-order valence-corrected chi connectivity index (χ0v) is 16.8. The summed E-state index contributed by atoms with van der Waals surface area (Å²) in [4.78, 5) is 11.8. The number of esters is 1. The first-order chi connectivity index (χ1) is 13.7. The van der Waals surface area contributed by atoms with Crippen molar-refractivity contribution in [1.82, 2.24) is 0 Å². The Morgan fingerprint density at radius 3 is 2.27 bits per heavy atom. The number of fused-ring (bicyclic) bond motifs is 2. The molecule has 3 nitrogen and oxygen atoms in total. The van der Waals surface area contributed by atoms with Crippen molar-refractivity contribution in [2.24, 2.45) is 11.8 Å². The molecule has 0 aromatic carbocycles. The lowest BCUT2D eigenvalue weighted by Gasteiger charge is -2.55. The van der Waals surface area contributed by atoms with E-state index in [1.54, 1.807) is 6.92 Å². The Bertz CT molecular complexity index is 617. The van der Waals surface area contributed by atoms with Crippen molar-refractivity contribution in [3.05, 3.63) is 0 Å². The van der Waals surface area contributed by atoms with E-state index in [-0.39, 0.29) is 32.1 Å². The van der Waals surface area contributed by atoms with E-state index in [2.05, 4.69) is 0 Å². The summed E-state index contributed by atoms with van der Waals surface area (Å²) in [7, 11) is 1.02. The third-order valence-corrected chi connectivity index (χ3v) is 6.01. The van der Waals surface area contributed by atoms with E-state index in [4.69, 9.17) is 9.47 Å². The maximum atomic E-state index is 15.9. The second-order valence-corrected chi connectivity index (χ2v) is 8.69. The van der Waals surface area contributed by atoms with E-state index in [0.717, 1.165) is 7.11 Å². The van der Waals surface area contributed by atoms with Crippen LogP contribution in [-0.4, -0.2) is 67.7 Å². The molecule has 9 atom stereocenters. The Kier molecular flexibility index (Phi) is 7.36. The van der Waals surface area contributed by atoms with Crippen LogP contribution < -0.4 is 0 Å². The molecule has 9 unspecified atom stereocenters. The molecule has 0 aromatic rings. The molecule has 176 valence electrons. The lowest BCUT2D eigenvalue weighted by molar-refractivity contribution is -0.240. The van der Waals surface area contributed by atoms with Crippen LogP contribution in [0.5, 0.6) is 0 Å². The van der Waals surface area contributed by atoms with Crippen molar-refractivity contribution in [3.8, 4) is 0 Å². The fraction of sp³-hybridized carbons (Fsp3) is 0.947. The summed E-state index contributed by atoms with van der Waals surface area (Å²) in [5, 5.41) is 0. The van der Waals surface area contributed by atoms with Crippen molar-refractivity contribution in [2.45, 2.75) is 87.5 Å². The summed E-state index contributed by atoms with van der Waals surface area (Å²) in [5.41, 5.74) is -5.21. The van der Waals surface area contributed by atoms with Crippen molar-refractivity contribution >= 4 is 5.97 Å². The predicted molar refractivity (Wildman–Crippen MR) is 90.8 cm³/mol. The topological polar surface area (TPSA) is 35.5 Å². The molecular formula is C19H26F8O3. The first-order valence-corrected chi connectivity index (χ1v) is 9.66. The van der Waals surface area contributed by atoms with Gasteiger partial charge in [0.15, 0.2) is 30.4 Å². The van der Waals surface area contributed by atoms with Crippen molar-refractivity contribution in [2.75, 3.05) is 13.8 Å². The van der Waals surface area contributed by atoms with Gasteiger partial charge >= 0.3 is 11.9 Å². The molecular weight excluding hydrogens is 428 g/mol. The Morgan fingerprint density at radius 1 is 1.17 bits per heavy atom. The van der Waals surface area contributed by atoms with Crippen LogP contribution in [0.15, 0.2) is 0 Å². The van der Waals surface area contributed by atoms with Crippen LogP contribution in [0.1, 0.15) is 39.5 Å². The quantitative estimate of drug-likeness (QED) is 0.390. The summed E-state index contributed by atoms with van der Waals surface area (Å²) >= 11 is 0. The molecule has 0 amide bonds. The molecule has 30 heavy (non-hydrogen) atoms. The van der Waals surface area contributed by atoms with Gasteiger partial charge in [-0.05, 0) is 31.1 Å². The van der Waals surface area contributed by atoms with Gasteiger partial charge in [0.2, 0.25) is 0 Å². The van der Waals surface area contributed by atoms with Crippen LogP contribution >= 0.6 is 0 Å². The van der Waals surface area contributed by atoms with E-state index in [1.165, 1.54) is 0 Å². The molecule has 0 radical (unpaired) electrons. The van der Waals surface area contributed by atoms with E-state index >= 15 is 4.39 Å². The SMILES string of the molecule is COC1C2CC(C)CC(OC(=O)C(C)(F)F)(C2)CC1(F)C(F)C(F)C(F)C(F)CF. The van der Waals surface area contributed by atoms with Gasteiger partial charge in [-0.2, -0.15) is 8.78 Å². The normalized spacial score (nSPS) is 38.4. The second-order valence-electron chi connectivity index (χ2n) is 8.69. The van der Waals surface area contributed by atoms with Gasteiger partial charge in [0.25, 0.3) is 0 Å². The lowest BCUT2D eigenvalue weighted by atomic mass is 9.58. The summed E-state index contributed by atoms with van der Waals surface area (Å²) in [6.07, 6.45) is -15.7. The number of hydrogen-bond donors (Lipinski definition) is 0. The average Bonchev–Trinajstić information content (AvgIpc) is 2.63. The van der Waals surface area contributed by atoms with Gasteiger partial charge in [-0.3, -0.25) is 0 Å². The first kappa shape index (κ1) is 25.1. The van der Waals surface area contributed by atoms with E-state index in [9.17, 15) is 35.5 Å². The molecule has 2 saturated carbocycles. The molecule has 0 spiro atoms. The minimum Gasteiger partial charge on any atom is -0.455 e. The number of halogens is 8. The number of rotatable bonds is 8. The zero-order chi connectivity index (χ0) is 23.1. The van der Waals surface area contributed by atoms with Crippen LogP contribution in [0.2, 0.25) is 0 Å². The van der Waals surface area contributed by atoms with Crippen molar-refractivity contribution in [3.63, 3.8) is 0 Å². The fourth-order valence-electron chi connectivity index (χ4n) is 5.00. The van der Waals surface area contributed by atoms with Crippen LogP contribution in [0.3, 0.4) is 0 Å². The van der Waals surface area contributed by atoms with Gasteiger partial charge in [-0.15, -0.1) is 0 Å². The van der Waals surface area contributed by atoms with Gasteiger partial charge in [0, 0.05) is 20.5 Å². The molecule has 2 rings (SSSR count). The third kappa shape index (κ3) is 4.70. The maximum absolute atomic E-state index is 15.9. The summed E-state index contributed by atoms with van der Waals surface area (Å²) in [5.74, 6) is -6.97. The Hall–Kier alpha value is -1.13. The number of hydrogen-bond acceptors (Lipinski definition) is 3. The van der Waals surface area contributed by atoms with Gasteiger partial charge in [-0.25, -0.2) is 31.1 Å². The zero-order valence-electron chi connectivity index (χ0n) is 16.8. The van der Waals surface area contributed by atoms with Crippen LogP contribution in [0.4, 0.5) is 35.1 Å².